The van der Waals surface area contributed by atoms with Gasteiger partial charge in [0.15, 0.2) is 0 Å². The summed E-state index contributed by atoms with van der Waals surface area (Å²) in [7, 11) is 0. The summed E-state index contributed by atoms with van der Waals surface area (Å²) in [6.07, 6.45) is 1.30. The van der Waals surface area contributed by atoms with Crippen molar-refractivity contribution >= 4 is 0 Å². The van der Waals surface area contributed by atoms with Gasteiger partial charge < -0.3 is 0 Å². The third-order valence-electron chi connectivity index (χ3n) is 0.848. The Labute approximate surface area is 54.8 Å². The van der Waals surface area contributed by atoms with Crippen molar-refractivity contribution < 1.29 is 4.39 Å². The molecule has 0 saturated carbocycles. The van der Waals surface area contributed by atoms with Gasteiger partial charge >= 0.3 is 0 Å². The number of hydrogen-bond acceptors (Lipinski definition) is 1. The average molecular weight is 127 g/mol. The maximum absolute atomic E-state index is 12.1. The van der Waals surface area contributed by atoms with Crippen molar-refractivity contribution in [3.63, 3.8) is 0 Å². The maximum atomic E-state index is 12.1. The monoisotopic (exact) mass is 127 g/mol. The first-order valence-electron chi connectivity index (χ1n) is 2.74. The van der Waals surface area contributed by atoms with Crippen molar-refractivity contribution in [1.29, 1.82) is 5.26 Å². The molecule has 9 heavy (non-hydrogen) atoms. The molecule has 0 aromatic heterocycles. The van der Waals surface area contributed by atoms with E-state index in [0.29, 0.717) is 0 Å². The Morgan fingerprint density at radius 1 is 1.67 bits per heavy atom. The average Bonchev–Trinajstić information content (AvgIpc) is 1.63. The molecule has 0 aliphatic rings. The molecule has 0 bridgehead atoms. The molecule has 0 radical (unpaired) electrons. The Morgan fingerprint density at radius 3 is 2.22 bits per heavy atom. The summed E-state index contributed by atoms with van der Waals surface area (Å²) in [6, 6.07) is 1.96. The first-order valence-corrected chi connectivity index (χ1v) is 2.74. The molecular formula is C7H10FN. The van der Waals surface area contributed by atoms with E-state index in [1.807, 2.05) is 6.07 Å². The minimum atomic E-state index is -0.668. The van der Waals surface area contributed by atoms with Gasteiger partial charge in [-0.1, -0.05) is 0 Å². The number of halogens is 1. The van der Waals surface area contributed by atoms with E-state index >= 15 is 0 Å². The molecule has 0 rings (SSSR count). The van der Waals surface area contributed by atoms with Gasteiger partial charge in [-0.3, -0.25) is 0 Å². The van der Waals surface area contributed by atoms with Gasteiger partial charge in [-0.25, -0.2) is 4.39 Å². The second-order valence-corrected chi connectivity index (χ2v) is 2.56. The summed E-state index contributed by atoms with van der Waals surface area (Å²) in [6.45, 7) is 4.66. The van der Waals surface area contributed by atoms with Crippen molar-refractivity contribution in [3.05, 3.63) is 11.9 Å². The van der Waals surface area contributed by atoms with Gasteiger partial charge in [-0.05, 0) is 26.8 Å². The molecule has 0 saturated heterocycles. The fourth-order valence-electron chi connectivity index (χ4n) is 0.530. The zero-order chi connectivity index (χ0) is 7.49. The van der Waals surface area contributed by atoms with Gasteiger partial charge in [0, 0.05) is 0 Å². The van der Waals surface area contributed by atoms with Crippen LogP contribution in [-0.2, 0) is 0 Å². The van der Waals surface area contributed by atoms with E-state index in [4.69, 9.17) is 5.26 Å². The number of hydrogen-bond donors (Lipinski definition) is 0. The quantitative estimate of drug-likeness (QED) is 0.530. The first kappa shape index (κ1) is 8.16. The zero-order valence-corrected chi connectivity index (χ0v) is 5.90. The minimum absolute atomic E-state index is 0.304. The summed E-state index contributed by atoms with van der Waals surface area (Å²) >= 11 is 0. The minimum Gasteiger partial charge on any atom is -0.212 e. The van der Waals surface area contributed by atoms with Crippen LogP contribution in [0, 0.1) is 16.7 Å². The van der Waals surface area contributed by atoms with Crippen LogP contribution in [-0.4, -0.2) is 0 Å². The molecule has 0 N–H and O–H groups in total. The number of rotatable bonds is 1. The summed E-state index contributed by atoms with van der Waals surface area (Å²) in [5, 5.41) is 8.38. The molecule has 0 unspecified atom stereocenters. The standard InChI is InChI=1S/C7H10FN/c1-6(8)4-7(2,3)5-9/h4H,1-3H3/b6-4+. The highest BCUT2D eigenvalue weighted by Gasteiger charge is 2.12. The van der Waals surface area contributed by atoms with E-state index in [2.05, 4.69) is 0 Å². The van der Waals surface area contributed by atoms with Crippen LogP contribution in [0.25, 0.3) is 0 Å². The Morgan fingerprint density at radius 2 is 2.11 bits per heavy atom. The summed E-state index contributed by atoms with van der Waals surface area (Å²) < 4.78 is 12.1. The fraction of sp³-hybridized carbons (Fsp3) is 0.571. The molecule has 50 valence electrons. The molecule has 0 amide bonds. The lowest BCUT2D eigenvalue weighted by atomic mass is 9.95. The van der Waals surface area contributed by atoms with Crippen LogP contribution in [0.5, 0.6) is 0 Å². The molecule has 1 nitrogen and oxygen atoms in total. The summed E-state index contributed by atoms with van der Waals surface area (Å²) in [5.41, 5.74) is -0.668. The molecule has 0 aliphatic heterocycles. The molecular weight excluding hydrogens is 117 g/mol. The van der Waals surface area contributed by atoms with E-state index in [-0.39, 0.29) is 5.83 Å². The van der Waals surface area contributed by atoms with Crippen LogP contribution in [0.2, 0.25) is 0 Å². The SMILES string of the molecule is C/C(F)=C\C(C)(C)C#N. The van der Waals surface area contributed by atoms with Crippen LogP contribution in [0.15, 0.2) is 11.9 Å². The number of nitrogens with zero attached hydrogens (tertiary/aromatic N) is 1. The molecule has 0 spiro atoms. The number of nitriles is 1. The van der Waals surface area contributed by atoms with Gasteiger partial charge in [0.25, 0.3) is 0 Å². The van der Waals surface area contributed by atoms with E-state index in [9.17, 15) is 4.39 Å². The van der Waals surface area contributed by atoms with Crippen molar-refractivity contribution in [2.45, 2.75) is 20.8 Å². The van der Waals surface area contributed by atoms with Crippen LogP contribution in [0.3, 0.4) is 0 Å². The van der Waals surface area contributed by atoms with Gasteiger partial charge in [-0.15, -0.1) is 0 Å². The Kier molecular flexibility index (Phi) is 2.39. The highest BCUT2D eigenvalue weighted by molar-refractivity contribution is 5.09. The number of allylic oxidation sites excluding steroid dienone is 2. The molecule has 0 heterocycles. The van der Waals surface area contributed by atoms with Crippen molar-refractivity contribution in [2.75, 3.05) is 0 Å². The summed E-state index contributed by atoms with van der Waals surface area (Å²) in [5.74, 6) is -0.304. The molecule has 0 aromatic carbocycles. The molecule has 0 fully saturated rings. The summed E-state index contributed by atoms with van der Waals surface area (Å²) in [4.78, 5) is 0. The predicted octanol–water partition coefficient (Wildman–Crippen LogP) is 2.41. The normalized spacial score (nSPS) is 13.0. The predicted molar refractivity (Wildman–Crippen MR) is 34.3 cm³/mol. The van der Waals surface area contributed by atoms with E-state index in [1.165, 1.54) is 13.0 Å². The lowest BCUT2D eigenvalue weighted by molar-refractivity contribution is 0.575. The third-order valence-corrected chi connectivity index (χ3v) is 0.848. The van der Waals surface area contributed by atoms with Gasteiger partial charge in [0.05, 0.1) is 17.3 Å². The molecule has 2 heteroatoms. The highest BCUT2D eigenvalue weighted by Crippen LogP contribution is 2.17. The van der Waals surface area contributed by atoms with Crippen LogP contribution < -0.4 is 0 Å². The van der Waals surface area contributed by atoms with Crippen molar-refractivity contribution in [1.82, 2.24) is 0 Å². The smallest absolute Gasteiger partial charge is 0.0944 e. The Balaban J connectivity index is 4.24. The second-order valence-electron chi connectivity index (χ2n) is 2.56. The maximum Gasteiger partial charge on any atom is 0.0944 e. The Hall–Kier alpha value is -0.840. The fourth-order valence-corrected chi connectivity index (χ4v) is 0.530. The lowest BCUT2D eigenvalue weighted by Gasteiger charge is -2.06. The van der Waals surface area contributed by atoms with Gasteiger partial charge in [-0.2, -0.15) is 5.26 Å². The van der Waals surface area contributed by atoms with Gasteiger partial charge in [0.2, 0.25) is 0 Å². The largest absolute Gasteiger partial charge is 0.212 e. The zero-order valence-electron chi connectivity index (χ0n) is 5.90. The molecule has 0 atom stereocenters. The Bertz CT molecular complexity index is 158. The third kappa shape index (κ3) is 3.72. The topological polar surface area (TPSA) is 23.8 Å². The van der Waals surface area contributed by atoms with E-state index in [0.717, 1.165) is 0 Å². The van der Waals surface area contributed by atoms with E-state index < -0.39 is 5.41 Å². The van der Waals surface area contributed by atoms with Crippen LogP contribution in [0.4, 0.5) is 4.39 Å². The lowest BCUT2D eigenvalue weighted by Crippen LogP contribution is -2.02. The van der Waals surface area contributed by atoms with Crippen molar-refractivity contribution in [2.24, 2.45) is 5.41 Å². The van der Waals surface area contributed by atoms with Crippen molar-refractivity contribution in [3.8, 4) is 6.07 Å². The van der Waals surface area contributed by atoms with Gasteiger partial charge in [0.1, 0.15) is 0 Å². The van der Waals surface area contributed by atoms with Crippen LogP contribution in [0.1, 0.15) is 20.8 Å². The van der Waals surface area contributed by atoms with E-state index in [1.54, 1.807) is 13.8 Å². The second kappa shape index (κ2) is 2.63. The van der Waals surface area contributed by atoms with Crippen LogP contribution >= 0.6 is 0 Å². The molecule has 0 aliphatic carbocycles. The molecule has 0 aromatic rings. The highest BCUT2D eigenvalue weighted by atomic mass is 19.1. The first-order chi connectivity index (χ1) is 3.98.